The zero-order chi connectivity index (χ0) is 20.4. The SMILES string of the molecule is COC(=O)C1COCCN(C(=O)C2CCN(c3nc4nc(C)ccc4o3)CC2)C1. The summed E-state index contributed by atoms with van der Waals surface area (Å²) in [6, 6.07) is 4.33. The summed E-state index contributed by atoms with van der Waals surface area (Å²) in [5, 5.41) is 0. The van der Waals surface area contributed by atoms with E-state index < -0.39 is 5.92 Å². The molecule has 2 aromatic rings. The largest absolute Gasteiger partial charge is 0.469 e. The van der Waals surface area contributed by atoms with E-state index in [0.29, 0.717) is 69.5 Å². The Bertz CT molecular complexity index is 890. The number of piperidine rings is 1. The molecule has 2 aliphatic heterocycles. The molecule has 0 radical (unpaired) electrons. The number of aryl methyl sites for hydroxylation is 1. The molecule has 0 N–H and O–H groups in total. The van der Waals surface area contributed by atoms with E-state index in [1.165, 1.54) is 7.11 Å². The van der Waals surface area contributed by atoms with E-state index in [4.69, 9.17) is 13.9 Å². The molecule has 156 valence electrons. The van der Waals surface area contributed by atoms with Gasteiger partial charge in [0.25, 0.3) is 6.01 Å². The van der Waals surface area contributed by atoms with Crippen LogP contribution in [0.3, 0.4) is 0 Å². The van der Waals surface area contributed by atoms with Gasteiger partial charge in [-0.15, -0.1) is 0 Å². The molecule has 0 saturated carbocycles. The second-order valence-electron chi connectivity index (χ2n) is 7.61. The van der Waals surface area contributed by atoms with Crippen molar-refractivity contribution in [2.45, 2.75) is 19.8 Å². The zero-order valence-electron chi connectivity index (χ0n) is 16.8. The molecular formula is C20H26N4O5. The summed E-state index contributed by atoms with van der Waals surface area (Å²) in [7, 11) is 1.36. The van der Waals surface area contributed by atoms with Crippen molar-refractivity contribution in [2.24, 2.45) is 11.8 Å². The molecule has 0 bridgehead atoms. The van der Waals surface area contributed by atoms with Crippen molar-refractivity contribution in [2.75, 3.05) is 51.4 Å². The van der Waals surface area contributed by atoms with Gasteiger partial charge in [0.2, 0.25) is 11.6 Å². The van der Waals surface area contributed by atoms with Gasteiger partial charge in [-0.3, -0.25) is 9.59 Å². The van der Waals surface area contributed by atoms with E-state index >= 15 is 0 Å². The lowest BCUT2D eigenvalue weighted by atomic mass is 9.95. The predicted octanol–water partition coefficient (Wildman–Crippen LogP) is 1.40. The Labute approximate surface area is 169 Å². The van der Waals surface area contributed by atoms with Crippen molar-refractivity contribution in [1.82, 2.24) is 14.9 Å². The zero-order valence-corrected chi connectivity index (χ0v) is 16.8. The smallest absolute Gasteiger partial charge is 0.312 e. The summed E-state index contributed by atoms with van der Waals surface area (Å²) < 4.78 is 16.1. The molecule has 2 aromatic heterocycles. The third-order valence-corrected chi connectivity index (χ3v) is 5.61. The fourth-order valence-corrected chi connectivity index (χ4v) is 3.93. The van der Waals surface area contributed by atoms with Crippen LogP contribution in [0.15, 0.2) is 16.5 Å². The first-order chi connectivity index (χ1) is 14.0. The van der Waals surface area contributed by atoms with Crippen molar-refractivity contribution < 1.29 is 23.5 Å². The number of rotatable bonds is 3. The summed E-state index contributed by atoms with van der Waals surface area (Å²) in [4.78, 5) is 37.6. The highest BCUT2D eigenvalue weighted by Gasteiger charge is 2.34. The molecule has 9 nitrogen and oxygen atoms in total. The topological polar surface area (TPSA) is 98.0 Å². The monoisotopic (exact) mass is 402 g/mol. The van der Waals surface area contributed by atoms with E-state index in [-0.39, 0.29) is 17.8 Å². The number of pyridine rings is 1. The molecule has 1 unspecified atom stereocenters. The molecule has 0 aliphatic carbocycles. The molecule has 9 heteroatoms. The van der Waals surface area contributed by atoms with Crippen LogP contribution in [-0.2, 0) is 19.1 Å². The van der Waals surface area contributed by atoms with Crippen LogP contribution in [0.1, 0.15) is 18.5 Å². The summed E-state index contributed by atoms with van der Waals surface area (Å²) in [5.74, 6) is -0.757. The number of aromatic nitrogens is 2. The van der Waals surface area contributed by atoms with E-state index in [9.17, 15) is 9.59 Å². The van der Waals surface area contributed by atoms with Crippen molar-refractivity contribution in [1.29, 1.82) is 0 Å². The number of fused-ring (bicyclic) bond motifs is 1. The first-order valence-electron chi connectivity index (χ1n) is 9.98. The normalized spacial score (nSPS) is 21.2. The predicted molar refractivity (Wildman–Crippen MR) is 104 cm³/mol. The molecule has 29 heavy (non-hydrogen) atoms. The van der Waals surface area contributed by atoms with Crippen LogP contribution >= 0.6 is 0 Å². The lowest BCUT2D eigenvalue weighted by Crippen LogP contribution is -2.45. The van der Waals surface area contributed by atoms with Crippen LogP contribution in [0.25, 0.3) is 11.2 Å². The van der Waals surface area contributed by atoms with E-state index in [1.54, 1.807) is 4.90 Å². The summed E-state index contributed by atoms with van der Waals surface area (Å²) in [6.07, 6.45) is 1.43. The van der Waals surface area contributed by atoms with Crippen LogP contribution < -0.4 is 4.90 Å². The van der Waals surface area contributed by atoms with Gasteiger partial charge in [0.1, 0.15) is 0 Å². The van der Waals surface area contributed by atoms with Gasteiger partial charge in [-0.2, -0.15) is 4.98 Å². The van der Waals surface area contributed by atoms with Crippen LogP contribution in [0, 0.1) is 18.8 Å². The van der Waals surface area contributed by atoms with Crippen molar-refractivity contribution in [3.05, 3.63) is 17.8 Å². The average Bonchev–Trinajstić information content (AvgIpc) is 3.00. The highest BCUT2D eigenvalue weighted by molar-refractivity contribution is 5.80. The number of anilines is 1. The van der Waals surface area contributed by atoms with Gasteiger partial charge in [-0.1, -0.05) is 0 Å². The highest BCUT2D eigenvalue weighted by atomic mass is 16.5. The minimum atomic E-state index is -0.428. The quantitative estimate of drug-likeness (QED) is 0.711. The van der Waals surface area contributed by atoms with Crippen LogP contribution in [0.2, 0.25) is 0 Å². The Hall–Kier alpha value is -2.68. The third-order valence-electron chi connectivity index (χ3n) is 5.61. The number of methoxy groups -OCH3 is 1. The van der Waals surface area contributed by atoms with Gasteiger partial charge in [0, 0.05) is 37.8 Å². The molecule has 4 rings (SSSR count). The number of hydrogen-bond acceptors (Lipinski definition) is 8. The molecule has 1 atom stereocenters. The number of ether oxygens (including phenoxy) is 2. The molecule has 4 heterocycles. The second-order valence-corrected chi connectivity index (χ2v) is 7.61. The van der Waals surface area contributed by atoms with Crippen molar-refractivity contribution >= 4 is 29.1 Å². The fourth-order valence-electron chi connectivity index (χ4n) is 3.93. The Balaban J connectivity index is 1.38. The fraction of sp³-hybridized carbons (Fsp3) is 0.600. The minimum Gasteiger partial charge on any atom is -0.469 e. The number of amides is 1. The summed E-state index contributed by atoms with van der Waals surface area (Å²) in [6.45, 7) is 4.88. The minimum absolute atomic E-state index is 0.0765. The van der Waals surface area contributed by atoms with Gasteiger partial charge in [0.05, 0.1) is 26.2 Å². The second kappa shape index (κ2) is 8.36. The molecule has 0 aromatic carbocycles. The maximum Gasteiger partial charge on any atom is 0.312 e. The molecular weight excluding hydrogens is 376 g/mol. The van der Waals surface area contributed by atoms with Gasteiger partial charge in [-0.25, -0.2) is 4.98 Å². The standard InChI is InChI=1S/C20H26N4O5/c1-13-3-4-16-17(21-13)22-20(29-16)23-7-5-14(6-8-23)18(25)24-9-10-28-12-15(11-24)19(26)27-2/h3-4,14-15H,5-12H2,1-2H3. The first-order valence-corrected chi connectivity index (χ1v) is 9.98. The Morgan fingerprint density at radius 3 is 2.69 bits per heavy atom. The van der Waals surface area contributed by atoms with Crippen LogP contribution in [-0.4, -0.2) is 73.2 Å². The Morgan fingerprint density at radius 2 is 1.93 bits per heavy atom. The highest BCUT2D eigenvalue weighted by Crippen LogP contribution is 2.27. The van der Waals surface area contributed by atoms with E-state index in [0.717, 1.165) is 5.69 Å². The van der Waals surface area contributed by atoms with Gasteiger partial charge in [0.15, 0.2) is 5.58 Å². The Kier molecular flexibility index (Phi) is 5.66. The van der Waals surface area contributed by atoms with Crippen LogP contribution in [0.4, 0.5) is 6.01 Å². The number of carbonyl (C=O) groups excluding carboxylic acids is 2. The molecule has 2 aliphatic rings. The van der Waals surface area contributed by atoms with Crippen molar-refractivity contribution in [3.8, 4) is 0 Å². The number of esters is 1. The molecule has 2 saturated heterocycles. The number of hydrogen-bond donors (Lipinski definition) is 0. The van der Waals surface area contributed by atoms with E-state index in [2.05, 4.69) is 14.9 Å². The average molecular weight is 402 g/mol. The number of nitrogens with zero attached hydrogens (tertiary/aromatic N) is 4. The summed E-state index contributed by atoms with van der Waals surface area (Å²) in [5.41, 5.74) is 2.17. The van der Waals surface area contributed by atoms with Crippen molar-refractivity contribution in [3.63, 3.8) is 0 Å². The van der Waals surface area contributed by atoms with Crippen LogP contribution in [0.5, 0.6) is 0 Å². The lowest BCUT2D eigenvalue weighted by molar-refractivity contribution is -0.148. The third kappa shape index (κ3) is 4.19. The lowest BCUT2D eigenvalue weighted by Gasteiger charge is -2.33. The number of oxazole rings is 1. The van der Waals surface area contributed by atoms with Gasteiger partial charge >= 0.3 is 5.97 Å². The summed E-state index contributed by atoms with van der Waals surface area (Å²) >= 11 is 0. The molecule has 2 fully saturated rings. The van der Waals surface area contributed by atoms with Gasteiger partial charge < -0.3 is 23.7 Å². The first kappa shape index (κ1) is 19.6. The maximum absolute atomic E-state index is 13.0. The Morgan fingerprint density at radius 1 is 1.14 bits per heavy atom. The van der Waals surface area contributed by atoms with E-state index in [1.807, 2.05) is 19.1 Å². The molecule has 1 amide bonds. The van der Waals surface area contributed by atoms with Gasteiger partial charge in [-0.05, 0) is 31.9 Å². The number of carbonyl (C=O) groups is 2. The maximum atomic E-state index is 13.0. The molecule has 0 spiro atoms.